The van der Waals surface area contributed by atoms with Gasteiger partial charge in [-0.15, -0.1) is 0 Å². The van der Waals surface area contributed by atoms with E-state index in [0.717, 1.165) is 35.6 Å². The van der Waals surface area contributed by atoms with E-state index in [1.54, 1.807) is 0 Å². The van der Waals surface area contributed by atoms with Crippen molar-refractivity contribution in [2.24, 2.45) is 5.92 Å². The Bertz CT molecular complexity index is 478. The Hall–Kier alpha value is -0.830. The molecule has 2 N–H and O–H groups in total. The Morgan fingerprint density at radius 3 is 2.71 bits per heavy atom. The van der Waals surface area contributed by atoms with E-state index in [2.05, 4.69) is 37.9 Å². The van der Waals surface area contributed by atoms with E-state index in [4.69, 9.17) is 9.47 Å². The van der Waals surface area contributed by atoms with Crippen molar-refractivity contribution in [1.82, 2.24) is 15.3 Å². The molecule has 0 aromatic carbocycles. The maximum Gasteiger partial charge on any atom is 0.408 e. The van der Waals surface area contributed by atoms with Crippen molar-refractivity contribution in [1.29, 1.82) is 0 Å². The summed E-state index contributed by atoms with van der Waals surface area (Å²) in [6.07, 6.45) is 3.22. The van der Waals surface area contributed by atoms with Gasteiger partial charge in [0.05, 0.1) is 6.04 Å². The van der Waals surface area contributed by atoms with Gasteiger partial charge in [-0.05, 0) is 62.1 Å². The molecule has 1 atom stereocenters. The van der Waals surface area contributed by atoms with Crippen LogP contribution in [0.15, 0.2) is 6.20 Å². The minimum atomic E-state index is -0.512. The number of hydrogen-bond donors (Lipinski definition) is 2. The standard InChI is InChI=1S/C14H22IN3O3/c1-14(2,3)21-13(19)18-11(9-4-6-20-7-5-9)12-16-8-10(15)17-12/h8-9,11H,4-7H2,1-3H3,(H,16,17)(H,18,19)/t11-/m1/s1. The van der Waals surface area contributed by atoms with Crippen molar-refractivity contribution in [2.75, 3.05) is 13.2 Å². The normalized spacial score (nSPS) is 18.3. The first-order valence-corrected chi connectivity index (χ1v) is 8.21. The van der Waals surface area contributed by atoms with E-state index in [0.29, 0.717) is 5.92 Å². The smallest absolute Gasteiger partial charge is 0.408 e. The van der Waals surface area contributed by atoms with Crippen LogP contribution in [0.4, 0.5) is 4.79 Å². The molecule has 21 heavy (non-hydrogen) atoms. The molecule has 2 rings (SSSR count). The number of rotatable bonds is 3. The van der Waals surface area contributed by atoms with E-state index < -0.39 is 11.7 Å². The van der Waals surface area contributed by atoms with E-state index in [1.165, 1.54) is 0 Å². The Morgan fingerprint density at radius 1 is 1.52 bits per heavy atom. The van der Waals surface area contributed by atoms with Crippen molar-refractivity contribution in [3.63, 3.8) is 0 Å². The van der Waals surface area contributed by atoms with E-state index >= 15 is 0 Å². The zero-order valence-electron chi connectivity index (χ0n) is 12.6. The van der Waals surface area contributed by atoms with Gasteiger partial charge in [-0.25, -0.2) is 9.78 Å². The highest BCUT2D eigenvalue weighted by Gasteiger charge is 2.30. The summed E-state index contributed by atoms with van der Waals surface area (Å²) in [4.78, 5) is 19.7. The van der Waals surface area contributed by atoms with Gasteiger partial charge in [0.2, 0.25) is 0 Å². The van der Waals surface area contributed by atoms with Gasteiger partial charge in [-0.1, -0.05) is 0 Å². The molecule has 2 heterocycles. The average Bonchev–Trinajstić information content (AvgIpc) is 2.81. The van der Waals surface area contributed by atoms with Gasteiger partial charge in [-0.2, -0.15) is 0 Å². The third kappa shape index (κ3) is 5.14. The molecular formula is C14H22IN3O3. The molecule has 0 unspecified atom stereocenters. The quantitative estimate of drug-likeness (QED) is 0.756. The molecular weight excluding hydrogens is 385 g/mol. The van der Waals surface area contributed by atoms with Crippen LogP contribution in [-0.4, -0.2) is 34.9 Å². The molecule has 0 saturated carbocycles. The first-order chi connectivity index (χ1) is 9.85. The van der Waals surface area contributed by atoms with Crippen LogP contribution in [0, 0.1) is 9.62 Å². The summed E-state index contributed by atoms with van der Waals surface area (Å²) in [6, 6.07) is -0.174. The van der Waals surface area contributed by atoms with E-state index in [9.17, 15) is 4.79 Å². The van der Waals surface area contributed by atoms with Crippen LogP contribution in [0.25, 0.3) is 0 Å². The monoisotopic (exact) mass is 407 g/mol. The summed E-state index contributed by atoms with van der Waals surface area (Å²) >= 11 is 2.15. The SMILES string of the molecule is CC(C)(C)OC(=O)N[C@@H](c1nc(I)c[nH]1)C1CCOCC1. The van der Waals surface area contributed by atoms with Gasteiger partial charge >= 0.3 is 6.09 Å². The number of aromatic amines is 1. The van der Waals surface area contributed by atoms with Crippen LogP contribution in [0.2, 0.25) is 0 Å². The lowest BCUT2D eigenvalue weighted by Crippen LogP contribution is -2.39. The molecule has 1 fully saturated rings. The number of alkyl carbamates (subject to hydrolysis) is 1. The van der Waals surface area contributed by atoms with Crippen LogP contribution in [-0.2, 0) is 9.47 Å². The minimum absolute atomic E-state index is 0.174. The first kappa shape index (κ1) is 16.5. The topological polar surface area (TPSA) is 76.2 Å². The highest BCUT2D eigenvalue weighted by atomic mass is 127. The molecule has 1 aliphatic rings. The fourth-order valence-electron chi connectivity index (χ4n) is 2.37. The highest BCUT2D eigenvalue weighted by molar-refractivity contribution is 14.1. The third-order valence-corrected chi connectivity index (χ3v) is 3.82. The number of nitrogens with one attached hydrogen (secondary N) is 2. The molecule has 1 saturated heterocycles. The summed E-state index contributed by atoms with van der Waals surface area (Å²) in [5.41, 5.74) is -0.512. The van der Waals surface area contributed by atoms with E-state index in [-0.39, 0.29) is 6.04 Å². The Balaban J connectivity index is 2.10. The van der Waals surface area contributed by atoms with Gasteiger partial charge in [-0.3, -0.25) is 0 Å². The zero-order valence-corrected chi connectivity index (χ0v) is 14.8. The molecule has 7 heteroatoms. The lowest BCUT2D eigenvalue weighted by molar-refractivity contribution is 0.0340. The Labute approximate surface area is 138 Å². The molecule has 0 spiro atoms. The number of carbonyl (C=O) groups excluding carboxylic acids is 1. The number of amides is 1. The molecule has 0 bridgehead atoms. The summed E-state index contributed by atoms with van der Waals surface area (Å²) in [6.45, 7) is 6.99. The number of carbonyl (C=O) groups is 1. The molecule has 118 valence electrons. The van der Waals surface area contributed by atoms with Gasteiger partial charge < -0.3 is 19.8 Å². The Morgan fingerprint density at radius 2 is 2.19 bits per heavy atom. The van der Waals surface area contributed by atoms with Crippen LogP contribution < -0.4 is 5.32 Å². The molecule has 0 aliphatic carbocycles. The fourth-order valence-corrected chi connectivity index (χ4v) is 2.78. The number of imidazole rings is 1. The van der Waals surface area contributed by atoms with Gasteiger partial charge in [0.15, 0.2) is 0 Å². The van der Waals surface area contributed by atoms with Crippen molar-refractivity contribution in [2.45, 2.75) is 45.3 Å². The predicted octanol–water partition coefficient (Wildman–Crippen LogP) is 3.01. The second-order valence-corrected chi connectivity index (χ2v) is 7.29. The van der Waals surface area contributed by atoms with Crippen molar-refractivity contribution >= 4 is 28.7 Å². The van der Waals surface area contributed by atoms with Gasteiger partial charge in [0.1, 0.15) is 15.1 Å². The zero-order chi connectivity index (χ0) is 15.5. The molecule has 1 aromatic heterocycles. The first-order valence-electron chi connectivity index (χ1n) is 7.13. The lowest BCUT2D eigenvalue weighted by Gasteiger charge is -2.30. The molecule has 0 radical (unpaired) electrons. The molecule has 1 aliphatic heterocycles. The Kier molecular flexibility index (Phi) is 5.48. The predicted molar refractivity (Wildman–Crippen MR) is 87.0 cm³/mol. The summed E-state index contributed by atoms with van der Waals surface area (Å²) in [7, 11) is 0. The number of nitrogens with zero attached hydrogens (tertiary/aromatic N) is 1. The van der Waals surface area contributed by atoms with Gasteiger partial charge in [0, 0.05) is 19.4 Å². The molecule has 1 amide bonds. The maximum atomic E-state index is 12.1. The molecule has 1 aromatic rings. The number of aromatic nitrogens is 2. The van der Waals surface area contributed by atoms with Crippen molar-refractivity contribution < 1.29 is 14.3 Å². The third-order valence-electron chi connectivity index (χ3n) is 3.27. The molecule has 6 nitrogen and oxygen atoms in total. The van der Waals surface area contributed by atoms with Crippen LogP contribution in [0.5, 0.6) is 0 Å². The number of H-pyrrole nitrogens is 1. The number of halogens is 1. The van der Waals surface area contributed by atoms with Crippen LogP contribution in [0.3, 0.4) is 0 Å². The fraction of sp³-hybridized carbons (Fsp3) is 0.714. The van der Waals surface area contributed by atoms with Crippen molar-refractivity contribution in [3.05, 3.63) is 15.7 Å². The number of hydrogen-bond acceptors (Lipinski definition) is 4. The second-order valence-electron chi connectivity index (χ2n) is 6.18. The minimum Gasteiger partial charge on any atom is -0.444 e. The lowest BCUT2D eigenvalue weighted by atomic mass is 9.91. The van der Waals surface area contributed by atoms with E-state index in [1.807, 2.05) is 27.0 Å². The highest BCUT2D eigenvalue weighted by Crippen LogP contribution is 2.29. The van der Waals surface area contributed by atoms with Crippen molar-refractivity contribution in [3.8, 4) is 0 Å². The summed E-state index contributed by atoms with van der Waals surface area (Å²) in [5, 5.41) is 2.96. The van der Waals surface area contributed by atoms with Crippen LogP contribution in [0.1, 0.15) is 45.5 Å². The average molecular weight is 407 g/mol. The maximum absolute atomic E-state index is 12.1. The largest absolute Gasteiger partial charge is 0.444 e. The summed E-state index contributed by atoms with van der Waals surface area (Å²) in [5.74, 6) is 1.07. The summed E-state index contributed by atoms with van der Waals surface area (Å²) < 4.78 is 11.6. The van der Waals surface area contributed by atoms with Crippen LogP contribution >= 0.6 is 22.6 Å². The number of ether oxygens (including phenoxy) is 2. The van der Waals surface area contributed by atoms with Gasteiger partial charge in [0.25, 0.3) is 0 Å². The second kappa shape index (κ2) is 6.95.